The first-order chi connectivity index (χ1) is 13.1. The van der Waals surface area contributed by atoms with Gasteiger partial charge >= 0.3 is 0 Å². The van der Waals surface area contributed by atoms with Crippen molar-refractivity contribution in [1.29, 1.82) is 0 Å². The summed E-state index contributed by atoms with van der Waals surface area (Å²) in [4.78, 5) is 19.0. The number of hydrogen-bond acceptors (Lipinski definition) is 4. The Kier molecular flexibility index (Phi) is 4.41. The summed E-state index contributed by atoms with van der Waals surface area (Å²) in [5, 5.41) is 3.44. The first kappa shape index (κ1) is 17.3. The summed E-state index contributed by atoms with van der Waals surface area (Å²) in [6.45, 7) is 0. The predicted octanol–water partition coefficient (Wildman–Crippen LogP) is 4.65. The predicted molar refractivity (Wildman–Crippen MR) is 102 cm³/mol. The molecular formula is C20H15ClFN3O2. The van der Waals surface area contributed by atoms with E-state index in [1.807, 2.05) is 0 Å². The molecule has 3 aromatic rings. The SMILES string of the molecule is COc1ccc(N2C(=O)c3cccnc3[C@H]2Nc2ccc(F)cc2Cl)cc1. The van der Waals surface area contributed by atoms with Gasteiger partial charge < -0.3 is 10.1 Å². The molecule has 1 aliphatic heterocycles. The van der Waals surface area contributed by atoms with E-state index in [-0.39, 0.29) is 10.9 Å². The number of nitrogens with one attached hydrogen (secondary N) is 1. The molecule has 136 valence electrons. The second kappa shape index (κ2) is 6.89. The molecule has 7 heteroatoms. The minimum Gasteiger partial charge on any atom is -0.497 e. The number of aromatic nitrogens is 1. The number of fused-ring (bicyclic) bond motifs is 1. The van der Waals surface area contributed by atoms with E-state index in [4.69, 9.17) is 16.3 Å². The molecule has 1 atom stereocenters. The molecule has 0 saturated heterocycles. The highest BCUT2D eigenvalue weighted by Crippen LogP contribution is 2.38. The van der Waals surface area contributed by atoms with Crippen molar-refractivity contribution < 1.29 is 13.9 Å². The standard InChI is InChI=1S/C20H15ClFN3O2/c1-27-14-7-5-13(6-8-14)25-19(18-15(20(25)26)3-2-10-23-18)24-17-9-4-12(22)11-16(17)21/h2-11,19,24H,1H3/t19-/m0/s1. The summed E-state index contributed by atoms with van der Waals surface area (Å²) in [5.74, 6) is 0.0738. The number of pyridine rings is 1. The van der Waals surface area contributed by atoms with Crippen LogP contribution in [0, 0.1) is 5.82 Å². The van der Waals surface area contributed by atoms with E-state index in [1.165, 1.54) is 18.2 Å². The minimum absolute atomic E-state index is 0.181. The lowest BCUT2D eigenvalue weighted by atomic mass is 10.2. The topological polar surface area (TPSA) is 54.5 Å². The lowest BCUT2D eigenvalue weighted by Gasteiger charge is -2.27. The maximum atomic E-state index is 13.4. The molecule has 5 nitrogen and oxygen atoms in total. The van der Waals surface area contributed by atoms with Crippen LogP contribution in [0.1, 0.15) is 22.2 Å². The number of carbonyl (C=O) groups excluding carboxylic acids is 1. The molecule has 0 unspecified atom stereocenters. The zero-order chi connectivity index (χ0) is 19.0. The van der Waals surface area contributed by atoms with Gasteiger partial charge in [-0.1, -0.05) is 11.6 Å². The maximum absolute atomic E-state index is 13.4. The Morgan fingerprint density at radius 1 is 1.19 bits per heavy atom. The van der Waals surface area contributed by atoms with Crippen LogP contribution in [0.5, 0.6) is 5.75 Å². The molecule has 1 N–H and O–H groups in total. The normalized spacial score (nSPS) is 15.6. The minimum atomic E-state index is -0.579. The van der Waals surface area contributed by atoms with Crippen LogP contribution >= 0.6 is 11.6 Å². The molecule has 2 heterocycles. The highest BCUT2D eigenvalue weighted by molar-refractivity contribution is 6.33. The Bertz CT molecular complexity index is 1010. The van der Waals surface area contributed by atoms with E-state index in [1.54, 1.807) is 54.6 Å². The average Bonchev–Trinajstić information content (AvgIpc) is 2.96. The van der Waals surface area contributed by atoms with Crippen LogP contribution in [-0.4, -0.2) is 18.0 Å². The summed E-state index contributed by atoms with van der Waals surface area (Å²) in [6, 6.07) is 14.7. The molecule has 1 amide bonds. The van der Waals surface area contributed by atoms with E-state index in [0.717, 1.165) is 0 Å². The Balaban J connectivity index is 1.77. The number of halogens is 2. The lowest BCUT2D eigenvalue weighted by molar-refractivity contribution is 0.0993. The molecule has 0 bridgehead atoms. The van der Waals surface area contributed by atoms with Gasteiger partial charge in [-0.2, -0.15) is 0 Å². The molecular weight excluding hydrogens is 369 g/mol. The van der Waals surface area contributed by atoms with Crippen molar-refractivity contribution in [3.05, 3.63) is 82.9 Å². The Morgan fingerprint density at radius 2 is 1.96 bits per heavy atom. The number of hydrogen-bond donors (Lipinski definition) is 1. The maximum Gasteiger partial charge on any atom is 0.262 e. The third kappa shape index (κ3) is 3.08. The van der Waals surface area contributed by atoms with E-state index < -0.39 is 12.0 Å². The van der Waals surface area contributed by atoms with Crippen molar-refractivity contribution >= 4 is 28.9 Å². The van der Waals surface area contributed by atoms with Crippen molar-refractivity contribution in [2.24, 2.45) is 0 Å². The molecule has 0 aliphatic carbocycles. The number of anilines is 2. The number of rotatable bonds is 4. The fraction of sp³-hybridized carbons (Fsp3) is 0.100. The van der Waals surface area contributed by atoms with Crippen molar-refractivity contribution in [3.8, 4) is 5.75 Å². The van der Waals surface area contributed by atoms with Crippen LogP contribution in [-0.2, 0) is 0 Å². The van der Waals surface area contributed by atoms with Crippen molar-refractivity contribution in [1.82, 2.24) is 4.98 Å². The summed E-state index contributed by atoms with van der Waals surface area (Å²) in [6.07, 6.45) is 1.05. The number of nitrogens with zero attached hydrogens (tertiary/aromatic N) is 2. The molecule has 0 saturated carbocycles. The highest BCUT2D eigenvalue weighted by Gasteiger charge is 2.39. The molecule has 4 rings (SSSR count). The van der Waals surface area contributed by atoms with Gasteiger partial charge in [0.1, 0.15) is 11.6 Å². The van der Waals surface area contributed by atoms with Crippen molar-refractivity contribution in [3.63, 3.8) is 0 Å². The third-order valence-electron chi connectivity index (χ3n) is 4.38. The largest absolute Gasteiger partial charge is 0.497 e. The molecule has 2 aromatic carbocycles. The van der Waals surface area contributed by atoms with Crippen LogP contribution in [0.25, 0.3) is 0 Å². The molecule has 0 fully saturated rings. The van der Waals surface area contributed by atoms with Crippen LogP contribution in [0.2, 0.25) is 5.02 Å². The van der Waals surface area contributed by atoms with Gasteiger partial charge in [-0.15, -0.1) is 0 Å². The molecule has 0 radical (unpaired) electrons. The summed E-state index contributed by atoms with van der Waals surface area (Å²) in [5.41, 5.74) is 2.27. The first-order valence-electron chi connectivity index (χ1n) is 8.22. The smallest absolute Gasteiger partial charge is 0.262 e. The third-order valence-corrected chi connectivity index (χ3v) is 4.69. The van der Waals surface area contributed by atoms with Crippen LogP contribution in [0.3, 0.4) is 0 Å². The molecule has 27 heavy (non-hydrogen) atoms. The van der Waals surface area contributed by atoms with Gasteiger partial charge in [-0.25, -0.2) is 4.39 Å². The number of carbonyl (C=O) groups is 1. The molecule has 1 aliphatic rings. The average molecular weight is 384 g/mol. The lowest BCUT2D eigenvalue weighted by Crippen LogP contribution is -2.32. The monoisotopic (exact) mass is 383 g/mol. The zero-order valence-corrected chi connectivity index (χ0v) is 15.1. The van der Waals surface area contributed by atoms with E-state index >= 15 is 0 Å². The summed E-state index contributed by atoms with van der Waals surface area (Å²) >= 11 is 6.16. The van der Waals surface area contributed by atoms with Crippen molar-refractivity contribution in [2.75, 3.05) is 17.3 Å². The van der Waals surface area contributed by atoms with Crippen LogP contribution < -0.4 is 15.0 Å². The van der Waals surface area contributed by atoms with Crippen LogP contribution in [0.4, 0.5) is 15.8 Å². The Morgan fingerprint density at radius 3 is 2.67 bits per heavy atom. The van der Waals surface area contributed by atoms with Crippen LogP contribution in [0.15, 0.2) is 60.8 Å². The number of methoxy groups -OCH3 is 1. The first-order valence-corrected chi connectivity index (χ1v) is 8.60. The van der Waals surface area contributed by atoms with Gasteiger partial charge in [-0.05, 0) is 54.6 Å². The fourth-order valence-electron chi connectivity index (χ4n) is 3.08. The van der Waals surface area contributed by atoms with Crippen molar-refractivity contribution in [2.45, 2.75) is 6.17 Å². The Labute approximate surface area is 160 Å². The number of amides is 1. The van der Waals surface area contributed by atoms with E-state index in [0.29, 0.717) is 28.4 Å². The van der Waals surface area contributed by atoms with E-state index in [9.17, 15) is 9.18 Å². The number of benzene rings is 2. The quantitative estimate of drug-likeness (QED) is 0.712. The van der Waals surface area contributed by atoms with Gasteiger partial charge in [0, 0.05) is 11.9 Å². The fourth-order valence-corrected chi connectivity index (χ4v) is 3.30. The molecule has 0 spiro atoms. The summed E-state index contributed by atoms with van der Waals surface area (Å²) < 4.78 is 18.6. The highest BCUT2D eigenvalue weighted by atomic mass is 35.5. The zero-order valence-electron chi connectivity index (χ0n) is 14.3. The van der Waals surface area contributed by atoms with Gasteiger partial charge in [0.05, 0.1) is 29.1 Å². The van der Waals surface area contributed by atoms with Gasteiger partial charge in [0.15, 0.2) is 6.17 Å². The summed E-state index contributed by atoms with van der Waals surface area (Å²) in [7, 11) is 1.58. The van der Waals surface area contributed by atoms with Gasteiger partial charge in [-0.3, -0.25) is 14.7 Å². The number of ether oxygens (including phenoxy) is 1. The van der Waals surface area contributed by atoms with Gasteiger partial charge in [0.25, 0.3) is 5.91 Å². The van der Waals surface area contributed by atoms with E-state index in [2.05, 4.69) is 10.3 Å². The molecule has 1 aromatic heterocycles. The second-order valence-electron chi connectivity index (χ2n) is 5.98. The Hall–Kier alpha value is -3.12. The van der Waals surface area contributed by atoms with Gasteiger partial charge in [0.2, 0.25) is 0 Å². The second-order valence-corrected chi connectivity index (χ2v) is 6.39.